The number of para-hydroxylation sites is 2. The first kappa shape index (κ1) is 14.2. The zero-order valence-corrected chi connectivity index (χ0v) is 12.1. The van der Waals surface area contributed by atoms with Gasteiger partial charge in [-0.2, -0.15) is 0 Å². The second-order valence-electron chi connectivity index (χ2n) is 4.94. The molecule has 5 heteroatoms. The van der Waals surface area contributed by atoms with E-state index in [0.29, 0.717) is 12.4 Å². The van der Waals surface area contributed by atoms with Crippen LogP contribution in [-0.4, -0.2) is 32.6 Å². The lowest BCUT2D eigenvalue weighted by Crippen LogP contribution is -2.34. The lowest BCUT2D eigenvalue weighted by molar-refractivity contribution is 0.318. The smallest absolute Gasteiger partial charge is 0.152 e. The summed E-state index contributed by atoms with van der Waals surface area (Å²) in [5.74, 6) is 1.33. The van der Waals surface area contributed by atoms with Crippen molar-refractivity contribution in [1.29, 1.82) is 0 Å². The van der Waals surface area contributed by atoms with Gasteiger partial charge >= 0.3 is 0 Å². The van der Waals surface area contributed by atoms with Crippen LogP contribution in [0.25, 0.3) is 0 Å². The average molecular weight is 283 g/mol. The number of anilines is 1. The van der Waals surface area contributed by atoms with Gasteiger partial charge in [-0.05, 0) is 31.4 Å². The Balaban J connectivity index is 2.06. The Kier molecular flexibility index (Phi) is 4.69. The first-order valence-corrected chi connectivity index (χ1v) is 8.61. The van der Waals surface area contributed by atoms with Crippen molar-refractivity contribution in [2.24, 2.45) is 0 Å². The summed E-state index contributed by atoms with van der Waals surface area (Å²) in [5.41, 5.74) is 0.887. The number of hydrogen-bond donors (Lipinski definition) is 1. The van der Waals surface area contributed by atoms with Crippen molar-refractivity contribution in [3.8, 4) is 5.75 Å². The van der Waals surface area contributed by atoms with Gasteiger partial charge in [0.1, 0.15) is 5.75 Å². The molecule has 1 aromatic rings. The Hall–Kier alpha value is -1.23. The number of benzene rings is 1. The van der Waals surface area contributed by atoms with Crippen molar-refractivity contribution in [3.63, 3.8) is 0 Å². The molecule has 1 aromatic carbocycles. The predicted octanol–water partition coefficient (Wildman–Crippen LogP) is 2.46. The highest BCUT2D eigenvalue weighted by molar-refractivity contribution is 7.91. The molecule has 1 heterocycles. The average Bonchev–Trinajstić information content (AvgIpc) is 2.36. The van der Waals surface area contributed by atoms with Gasteiger partial charge in [-0.25, -0.2) is 8.42 Å². The summed E-state index contributed by atoms with van der Waals surface area (Å²) < 4.78 is 28.9. The van der Waals surface area contributed by atoms with Crippen LogP contribution in [0.3, 0.4) is 0 Å². The van der Waals surface area contributed by atoms with Crippen LogP contribution in [0.5, 0.6) is 5.75 Å². The molecule has 0 saturated carbocycles. The number of ether oxygens (including phenoxy) is 1. The van der Waals surface area contributed by atoms with Crippen molar-refractivity contribution < 1.29 is 13.2 Å². The van der Waals surface area contributed by atoms with E-state index in [1.54, 1.807) is 0 Å². The minimum absolute atomic E-state index is 0.00914. The normalized spacial score (nSPS) is 21.8. The molecule has 1 aliphatic heterocycles. The molecule has 0 aliphatic carbocycles. The van der Waals surface area contributed by atoms with Crippen molar-refractivity contribution >= 4 is 15.5 Å². The van der Waals surface area contributed by atoms with E-state index < -0.39 is 9.84 Å². The minimum Gasteiger partial charge on any atom is -0.491 e. The third-order valence-electron chi connectivity index (χ3n) is 3.17. The minimum atomic E-state index is -2.89. The Morgan fingerprint density at radius 2 is 2.16 bits per heavy atom. The zero-order valence-electron chi connectivity index (χ0n) is 11.3. The fraction of sp³-hybridized carbons (Fsp3) is 0.571. The molecule has 1 atom stereocenters. The SMILES string of the molecule is CCCOc1ccccc1NC1CCCS(=O)(=O)C1. The van der Waals surface area contributed by atoms with Gasteiger partial charge in [0.2, 0.25) is 0 Å². The van der Waals surface area contributed by atoms with E-state index in [0.717, 1.165) is 30.7 Å². The van der Waals surface area contributed by atoms with Crippen LogP contribution in [-0.2, 0) is 9.84 Å². The van der Waals surface area contributed by atoms with Gasteiger partial charge in [-0.3, -0.25) is 0 Å². The molecule has 106 valence electrons. The van der Waals surface area contributed by atoms with E-state index in [1.807, 2.05) is 24.3 Å². The summed E-state index contributed by atoms with van der Waals surface area (Å²) in [5, 5.41) is 3.31. The molecule has 0 radical (unpaired) electrons. The van der Waals surface area contributed by atoms with Crippen molar-refractivity contribution in [2.75, 3.05) is 23.4 Å². The number of sulfone groups is 1. The summed E-state index contributed by atoms with van der Waals surface area (Å²) >= 11 is 0. The van der Waals surface area contributed by atoms with Crippen molar-refractivity contribution in [1.82, 2.24) is 0 Å². The highest BCUT2D eigenvalue weighted by atomic mass is 32.2. The number of hydrogen-bond acceptors (Lipinski definition) is 4. The molecular weight excluding hydrogens is 262 g/mol. The predicted molar refractivity (Wildman–Crippen MR) is 77.5 cm³/mol. The molecule has 0 aromatic heterocycles. The third-order valence-corrected chi connectivity index (χ3v) is 4.99. The molecule has 1 fully saturated rings. The molecule has 0 bridgehead atoms. The molecule has 1 N–H and O–H groups in total. The van der Waals surface area contributed by atoms with Crippen LogP contribution in [0, 0.1) is 0 Å². The summed E-state index contributed by atoms with van der Waals surface area (Å²) in [7, 11) is -2.89. The highest BCUT2D eigenvalue weighted by Crippen LogP contribution is 2.26. The van der Waals surface area contributed by atoms with Crippen LogP contribution in [0.15, 0.2) is 24.3 Å². The molecule has 2 rings (SSSR count). The summed E-state index contributed by atoms with van der Waals surface area (Å²) in [6, 6.07) is 7.69. The van der Waals surface area contributed by atoms with Crippen LogP contribution < -0.4 is 10.1 Å². The molecule has 1 unspecified atom stereocenters. The van der Waals surface area contributed by atoms with Gasteiger partial charge in [0.25, 0.3) is 0 Å². The maximum atomic E-state index is 11.6. The molecule has 1 saturated heterocycles. The van der Waals surface area contributed by atoms with Crippen molar-refractivity contribution in [2.45, 2.75) is 32.2 Å². The van der Waals surface area contributed by atoms with Gasteiger partial charge in [-0.1, -0.05) is 19.1 Å². The number of rotatable bonds is 5. The van der Waals surface area contributed by atoms with E-state index in [9.17, 15) is 8.42 Å². The Morgan fingerprint density at radius 3 is 2.89 bits per heavy atom. The third kappa shape index (κ3) is 4.13. The van der Waals surface area contributed by atoms with Crippen LogP contribution in [0.4, 0.5) is 5.69 Å². The van der Waals surface area contributed by atoms with E-state index in [-0.39, 0.29) is 11.8 Å². The monoisotopic (exact) mass is 283 g/mol. The topological polar surface area (TPSA) is 55.4 Å². The summed E-state index contributed by atoms with van der Waals surface area (Å²) in [4.78, 5) is 0. The number of nitrogens with one attached hydrogen (secondary N) is 1. The fourth-order valence-electron chi connectivity index (χ4n) is 2.28. The quantitative estimate of drug-likeness (QED) is 0.902. The van der Waals surface area contributed by atoms with Gasteiger partial charge in [0.15, 0.2) is 9.84 Å². The van der Waals surface area contributed by atoms with Crippen molar-refractivity contribution in [3.05, 3.63) is 24.3 Å². The molecule has 0 amide bonds. The first-order valence-electron chi connectivity index (χ1n) is 6.79. The Morgan fingerprint density at radius 1 is 1.37 bits per heavy atom. The largest absolute Gasteiger partial charge is 0.491 e. The summed E-state index contributed by atoms with van der Waals surface area (Å²) in [6.45, 7) is 2.73. The van der Waals surface area contributed by atoms with Gasteiger partial charge < -0.3 is 10.1 Å². The maximum absolute atomic E-state index is 11.6. The zero-order chi connectivity index (χ0) is 13.7. The lowest BCUT2D eigenvalue weighted by Gasteiger charge is -2.25. The van der Waals surface area contributed by atoms with E-state index in [4.69, 9.17) is 4.74 Å². The van der Waals surface area contributed by atoms with Gasteiger partial charge in [-0.15, -0.1) is 0 Å². The molecule has 1 aliphatic rings. The van der Waals surface area contributed by atoms with Crippen LogP contribution in [0.2, 0.25) is 0 Å². The lowest BCUT2D eigenvalue weighted by atomic mass is 10.1. The van der Waals surface area contributed by atoms with E-state index in [1.165, 1.54) is 0 Å². The van der Waals surface area contributed by atoms with Crippen LogP contribution >= 0.6 is 0 Å². The summed E-state index contributed by atoms with van der Waals surface area (Å²) in [6.07, 6.45) is 2.57. The molecule has 0 spiro atoms. The maximum Gasteiger partial charge on any atom is 0.152 e. The Labute approximate surface area is 115 Å². The van der Waals surface area contributed by atoms with Gasteiger partial charge in [0.05, 0.1) is 23.8 Å². The molecular formula is C14H21NO3S. The fourth-order valence-corrected chi connectivity index (χ4v) is 3.92. The van der Waals surface area contributed by atoms with E-state index >= 15 is 0 Å². The molecule has 4 nitrogen and oxygen atoms in total. The Bertz CT molecular complexity index is 513. The van der Waals surface area contributed by atoms with Gasteiger partial charge in [0, 0.05) is 6.04 Å². The molecule has 19 heavy (non-hydrogen) atoms. The second kappa shape index (κ2) is 6.28. The standard InChI is InChI=1S/C14H21NO3S/c1-2-9-18-14-8-4-3-7-13(14)15-12-6-5-10-19(16,17)11-12/h3-4,7-8,12,15H,2,5-6,9-11H2,1H3. The first-order chi connectivity index (χ1) is 9.11. The highest BCUT2D eigenvalue weighted by Gasteiger charge is 2.25. The van der Waals surface area contributed by atoms with E-state index in [2.05, 4.69) is 12.2 Å². The van der Waals surface area contributed by atoms with Crippen LogP contribution in [0.1, 0.15) is 26.2 Å². The second-order valence-corrected chi connectivity index (χ2v) is 7.17.